The van der Waals surface area contributed by atoms with E-state index in [1.807, 2.05) is 39.3 Å². The van der Waals surface area contributed by atoms with Crippen molar-refractivity contribution in [2.24, 2.45) is 5.16 Å². The fourth-order valence-electron chi connectivity index (χ4n) is 1.13. The Kier molecular flexibility index (Phi) is 6.43. The Labute approximate surface area is 130 Å². The third-order valence-electron chi connectivity index (χ3n) is 1.70. The first-order valence-corrected chi connectivity index (χ1v) is 13.8. The van der Waals surface area contributed by atoms with Gasteiger partial charge in [0.1, 0.15) is 11.4 Å². The summed E-state index contributed by atoms with van der Waals surface area (Å²) in [5.74, 6) is -0.370. The first-order chi connectivity index (χ1) is 9.11. The van der Waals surface area contributed by atoms with Crippen molar-refractivity contribution < 1.29 is 18.5 Å². The number of carbonyl (C=O) groups excluding carboxylic acids is 1. The van der Waals surface area contributed by atoms with Crippen molar-refractivity contribution in [2.75, 3.05) is 0 Å². The van der Waals surface area contributed by atoms with E-state index in [4.69, 9.17) is 13.7 Å². The highest BCUT2D eigenvalue weighted by Gasteiger charge is 2.29. The Morgan fingerprint density at radius 1 is 1.00 bits per heavy atom. The molecule has 0 N–H and O–H groups in total. The fraction of sp³-hybridized carbons (Fsp3) is 0.714. The molecule has 0 spiro atoms. The quantitative estimate of drug-likeness (QED) is 0.243. The van der Waals surface area contributed by atoms with Gasteiger partial charge in [0.05, 0.1) is 0 Å². The molecule has 0 bridgehead atoms. The van der Waals surface area contributed by atoms with Gasteiger partial charge in [-0.15, -0.1) is 0 Å². The zero-order valence-electron chi connectivity index (χ0n) is 14.8. The van der Waals surface area contributed by atoms with E-state index in [2.05, 4.69) is 11.7 Å². The first kappa shape index (κ1) is 19.9. The van der Waals surface area contributed by atoms with Crippen LogP contribution in [0.25, 0.3) is 0 Å². The lowest BCUT2D eigenvalue weighted by atomic mass is 10.2. The Morgan fingerprint density at radius 2 is 1.48 bits per heavy atom. The molecule has 0 saturated carbocycles. The molecule has 0 fully saturated rings. The molecule has 0 unspecified atom stereocenters. The fourth-order valence-corrected chi connectivity index (χ4v) is 2.33. The van der Waals surface area contributed by atoms with Crippen molar-refractivity contribution in [1.29, 1.82) is 0 Å². The minimum Gasteiger partial charge on any atom is -0.543 e. The van der Waals surface area contributed by atoms with Crippen LogP contribution in [0.3, 0.4) is 0 Å². The van der Waals surface area contributed by atoms with E-state index in [1.165, 1.54) is 0 Å². The van der Waals surface area contributed by atoms with Gasteiger partial charge in [0.15, 0.2) is 0 Å². The molecule has 0 aliphatic carbocycles. The predicted molar refractivity (Wildman–Crippen MR) is 91.3 cm³/mol. The average Bonchev–Trinajstić information content (AvgIpc) is 2.08. The molecule has 5 nitrogen and oxygen atoms in total. The zero-order valence-corrected chi connectivity index (χ0v) is 16.8. The SMILES string of the molecule is C=C(O[Si](C)(C)C)C(=NO[Si](C)(C)C)C(=O)OC(C)(C)C. The van der Waals surface area contributed by atoms with E-state index in [0.717, 1.165) is 0 Å². The molecular weight excluding hydrogens is 302 g/mol. The monoisotopic (exact) mass is 331 g/mol. The van der Waals surface area contributed by atoms with E-state index in [-0.39, 0.29) is 11.5 Å². The van der Waals surface area contributed by atoms with Gasteiger partial charge in [-0.2, -0.15) is 0 Å². The van der Waals surface area contributed by atoms with Crippen molar-refractivity contribution in [2.45, 2.75) is 65.7 Å². The summed E-state index contributed by atoms with van der Waals surface area (Å²) in [7, 11) is -3.80. The Morgan fingerprint density at radius 3 is 1.81 bits per heavy atom. The summed E-state index contributed by atoms with van der Waals surface area (Å²) in [4.78, 5) is 12.3. The third-order valence-corrected chi connectivity index (χ3v) is 3.19. The van der Waals surface area contributed by atoms with Crippen molar-refractivity contribution in [3.05, 3.63) is 12.3 Å². The van der Waals surface area contributed by atoms with Crippen molar-refractivity contribution in [1.82, 2.24) is 0 Å². The van der Waals surface area contributed by atoms with E-state index in [1.54, 1.807) is 20.8 Å². The molecule has 0 aliphatic rings. The van der Waals surface area contributed by atoms with Crippen LogP contribution in [0.5, 0.6) is 0 Å². The van der Waals surface area contributed by atoms with Crippen molar-refractivity contribution >= 4 is 28.3 Å². The van der Waals surface area contributed by atoms with Gasteiger partial charge < -0.3 is 13.7 Å². The zero-order chi connectivity index (χ0) is 17.1. The number of hydrogen-bond donors (Lipinski definition) is 0. The van der Waals surface area contributed by atoms with Crippen LogP contribution in [0, 0.1) is 0 Å². The highest BCUT2D eigenvalue weighted by atomic mass is 28.4. The van der Waals surface area contributed by atoms with Gasteiger partial charge in [0, 0.05) is 0 Å². The van der Waals surface area contributed by atoms with Gasteiger partial charge >= 0.3 is 5.97 Å². The van der Waals surface area contributed by atoms with Gasteiger partial charge in [-0.25, -0.2) is 4.79 Å². The maximum absolute atomic E-state index is 12.3. The van der Waals surface area contributed by atoms with Crippen molar-refractivity contribution in [3.63, 3.8) is 0 Å². The molecule has 0 atom stereocenters. The smallest absolute Gasteiger partial charge is 0.364 e. The molecule has 0 radical (unpaired) electrons. The van der Waals surface area contributed by atoms with Gasteiger partial charge in [-0.1, -0.05) is 11.7 Å². The summed E-state index contributed by atoms with van der Waals surface area (Å²) in [6, 6.07) is 0. The average molecular weight is 332 g/mol. The summed E-state index contributed by atoms with van der Waals surface area (Å²) in [5, 5.41) is 3.96. The molecule has 0 aromatic carbocycles. The maximum atomic E-state index is 12.3. The molecule has 0 aliphatic heterocycles. The van der Waals surface area contributed by atoms with Crippen LogP contribution in [0.1, 0.15) is 20.8 Å². The predicted octanol–water partition coefficient (Wildman–Crippen LogP) is 3.90. The second-order valence-electron chi connectivity index (χ2n) is 7.78. The van der Waals surface area contributed by atoms with E-state index >= 15 is 0 Å². The molecular formula is C14H29NO4Si2. The number of nitrogens with zero attached hydrogens (tertiary/aromatic N) is 1. The lowest BCUT2D eigenvalue weighted by molar-refractivity contribution is -0.146. The highest BCUT2D eigenvalue weighted by molar-refractivity contribution is 6.71. The Bertz CT molecular complexity index is 396. The van der Waals surface area contributed by atoms with Crippen molar-refractivity contribution in [3.8, 4) is 0 Å². The van der Waals surface area contributed by atoms with Crippen LogP contribution in [0.2, 0.25) is 39.3 Å². The molecule has 0 rings (SSSR count). The maximum Gasteiger partial charge on any atom is 0.364 e. The van der Waals surface area contributed by atoms with E-state index < -0.39 is 28.2 Å². The number of hydrogen-bond acceptors (Lipinski definition) is 5. The second-order valence-corrected chi connectivity index (χ2v) is 16.6. The first-order valence-electron chi connectivity index (χ1n) is 6.98. The lowest BCUT2D eigenvalue weighted by Gasteiger charge is -2.24. The highest BCUT2D eigenvalue weighted by Crippen LogP contribution is 2.15. The molecule has 0 saturated heterocycles. The minimum absolute atomic E-state index is 0.00905. The van der Waals surface area contributed by atoms with Gasteiger partial charge in [-0.3, -0.25) is 0 Å². The molecule has 122 valence electrons. The number of carbonyl (C=O) groups is 1. The largest absolute Gasteiger partial charge is 0.543 e. The standard InChI is InChI=1S/C14H29NO4Si2/c1-11(18-20(5,6)7)12(15-19-21(8,9)10)13(16)17-14(2,3)4/h1H2,2-10H3. The van der Waals surface area contributed by atoms with Crippen LogP contribution in [-0.2, 0) is 18.5 Å². The van der Waals surface area contributed by atoms with Gasteiger partial charge in [-0.05, 0) is 60.1 Å². The topological polar surface area (TPSA) is 57.1 Å². The molecule has 0 aromatic heterocycles. The molecule has 21 heavy (non-hydrogen) atoms. The van der Waals surface area contributed by atoms with E-state index in [0.29, 0.717) is 0 Å². The minimum atomic E-state index is -1.91. The Hall–Kier alpha value is -1.09. The summed E-state index contributed by atoms with van der Waals surface area (Å²) in [6.07, 6.45) is 0. The molecule has 0 aromatic rings. The summed E-state index contributed by atoms with van der Waals surface area (Å²) < 4.78 is 16.6. The number of esters is 1. The number of oxime groups is 1. The summed E-state index contributed by atoms with van der Waals surface area (Å²) >= 11 is 0. The lowest BCUT2D eigenvalue weighted by Crippen LogP contribution is -2.34. The van der Waals surface area contributed by atoms with Gasteiger partial charge in [0.25, 0.3) is 8.32 Å². The van der Waals surface area contributed by atoms with Gasteiger partial charge in [0.2, 0.25) is 14.0 Å². The number of rotatable bonds is 6. The normalized spacial score (nSPS) is 13.7. The van der Waals surface area contributed by atoms with Crippen LogP contribution >= 0.6 is 0 Å². The summed E-state index contributed by atoms with van der Waals surface area (Å²) in [6.45, 7) is 21.1. The van der Waals surface area contributed by atoms with Crippen LogP contribution in [-0.4, -0.2) is 33.9 Å². The second kappa shape index (κ2) is 6.78. The number of ether oxygens (including phenoxy) is 1. The third kappa shape index (κ3) is 10.3. The molecule has 7 heteroatoms. The van der Waals surface area contributed by atoms with Crippen LogP contribution < -0.4 is 0 Å². The molecule has 0 heterocycles. The van der Waals surface area contributed by atoms with Crippen LogP contribution in [0.15, 0.2) is 17.5 Å². The summed E-state index contributed by atoms with van der Waals surface area (Å²) in [5.41, 5.74) is -0.606. The van der Waals surface area contributed by atoms with Crippen LogP contribution in [0.4, 0.5) is 0 Å². The molecule has 0 amide bonds. The Balaban J connectivity index is 5.29. The van der Waals surface area contributed by atoms with E-state index in [9.17, 15) is 4.79 Å².